The number of ether oxygens (including phenoxy) is 2. The van der Waals surface area contributed by atoms with Crippen molar-refractivity contribution in [3.8, 4) is 0 Å². The molecule has 2 rings (SSSR count). The lowest BCUT2D eigenvalue weighted by molar-refractivity contribution is 0.0163. The van der Waals surface area contributed by atoms with E-state index < -0.39 is 0 Å². The topological polar surface area (TPSA) is 28.2 Å². The first-order chi connectivity index (χ1) is 8.84. The normalized spacial score (nSPS) is 24.5. The van der Waals surface area contributed by atoms with Crippen LogP contribution in [0, 0.1) is 0 Å². The van der Waals surface area contributed by atoms with Crippen LogP contribution in [0.5, 0.6) is 0 Å². The molecule has 0 unspecified atom stereocenters. The van der Waals surface area contributed by atoms with Gasteiger partial charge in [0.25, 0.3) is 0 Å². The van der Waals surface area contributed by atoms with Gasteiger partial charge in [-0.15, -0.1) is 0 Å². The van der Waals surface area contributed by atoms with Gasteiger partial charge < -0.3 is 14.4 Å². The number of piperazine rings is 1. The third kappa shape index (κ3) is 5.20. The molecule has 2 aliphatic rings. The molecule has 0 bridgehead atoms. The quantitative estimate of drug-likeness (QED) is 0.603. The number of nitrogens with zero attached hydrogens (tertiary/aromatic N) is 3. The minimum Gasteiger partial charge on any atom is -0.379 e. The summed E-state index contributed by atoms with van der Waals surface area (Å²) in [7, 11) is 2.19. The first kappa shape index (κ1) is 14.2. The van der Waals surface area contributed by atoms with Crippen LogP contribution >= 0.6 is 0 Å². The van der Waals surface area contributed by atoms with Crippen molar-refractivity contribution in [1.29, 1.82) is 0 Å². The summed E-state index contributed by atoms with van der Waals surface area (Å²) in [4.78, 5) is 7.30. The molecule has 2 aliphatic heterocycles. The van der Waals surface area contributed by atoms with Gasteiger partial charge in [0.1, 0.15) is 0 Å². The zero-order chi connectivity index (χ0) is 12.6. The highest BCUT2D eigenvalue weighted by Crippen LogP contribution is 1.99. The molecule has 2 fully saturated rings. The van der Waals surface area contributed by atoms with E-state index in [1.54, 1.807) is 0 Å². The number of likely N-dealkylation sites (N-methyl/N-ethyl adjacent to an activating group) is 1. The molecule has 2 saturated heterocycles. The smallest absolute Gasteiger partial charge is 0.0594 e. The Morgan fingerprint density at radius 1 is 0.833 bits per heavy atom. The molecule has 18 heavy (non-hydrogen) atoms. The Labute approximate surface area is 111 Å². The lowest BCUT2D eigenvalue weighted by Gasteiger charge is -2.32. The average Bonchev–Trinajstić information content (AvgIpc) is 2.42. The van der Waals surface area contributed by atoms with Crippen molar-refractivity contribution in [3.63, 3.8) is 0 Å². The van der Waals surface area contributed by atoms with Crippen LogP contribution in [0.3, 0.4) is 0 Å². The lowest BCUT2D eigenvalue weighted by atomic mass is 10.3. The van der Waals surface area contributed by atoms with E-state index in [-0.39, 0.29) is 0 Å². The summed E-state index contributed by atoms with van der Waals surface area (Å²) in [6.45, 7) is 12.5. The highest BCUT2D eigenvalue weighted by atomic mass is 16.5. The van der Waals surface area contributed by atoms with Crippen LogP contribution in [-0.2, 0) is 9.47 Å². The SMILES string of the molecule is CN1CCN(CCOCCN2CCOCC2)CC1. The molecule has 5 heteroatoms. The van der Waals surface area contributed by atoms with Crippen molar-refractivity contribution in [2.45, 2.75) is 0 Å². The summed E-state index contributed by atoms with van der Waals surface area (Å²) in [5.74, 6) is 0. The van der Waals surface area contributed by atoms with Crippen LogP contribution in [0.15, 0.2) is 0 Å². The fraction of sp³-hybridized carbons (Fsp3) is 1.00. The molecule has 0 amide bonds. The summed E-state index contributed by atoms with van der Waals surface area (Å²) < 4.78 is 11.1. The molecule has 2 heterocycles. The number of rotatable bonds is 6. The fourth-order valence-electron chi connectivity index (χ4n) is 2.39. The number of morpholine rings is 1. The minimum absolute atomic E-state index is 0.855. The van der Waals surface area contributed by atoms with E-state index in [2.05, 4.69) is 21.7 Å². The Morgan fingerprint density at radius 2 is 1.39 bits per heavy atom. The fourth-order valence-corrected chi connectivity index (χ4v) is 2.39. The molecule has 106 valence electrons. The van der Waals surface area contributed by atoms with E-state index in [9.17, 15) is 0 Å². The van der Waals surface area contributed by atoms with Crippen LogP contribution in [0.2, 0.25) is 0 Å². The van der Waals surface area contributed by atoms with Crippen molar-refractivity contribution in [2.24, 2.45) is 0 Å². The Balaban J connectivity index is 1.43. The minimum atomic E-state index is 0.855. The highest BCUT2D eigenvalue weighted by Gasteiger charge is 2.13. The lowest BCUT2D eigenvalue weighted by Crippen LogP contribution is -2.45. The average molecular weight is 257 g/mol. The molecular weight excluding hydrogens is 230 g/mol. The van der Waals surface area contributed by atoms with Crippen LogP contribution < -0.4 is 0 Å². The zero-order valence-corrected chi connectivity index (χ0v) is 11.6. The number of hydrogen-bond acceptors (Lipinski definition) is 5. The third-order valence-corrected chi connectivity index (χ3v) is 3.80. The Bertz CT molecular complexity index is 214. The van der Waals surface area contributed by atoms with Crippen LogP contribution in [0.1, 0.15) is 0 Å². The summed E-state index contributed by atoms with van der Waals surface area (Å²) in [6, 6.07) is 0. The Kier molecular flexibility index (Phi) is 6.37. The summed E-state index contributed by atoms with van der Waals surface area (Å²) >= 11 is 0. The van der Waals surface area contributed by atoms with Gasteiger partial charge in [-0.05, 0) is 7.05 Å². The van der Waals surface area contributed by atoms with Gasteiger partial charge in [-0.1, -0.05) is 0 Å². The standard InChI is InChI=1S/C13H27N3O2/c1-14-2-4-15(5-3-14)6-10-17-11-7-16-8-12-18-13-9-16/h2-13H2,1H3. The van der Waals surface area contributed by atoms with Gasteiger partial charge in [-0.3, -0.25) is 9.80 Å². The second-order valence-corrected chi connectivity index (χ2v) is 5.21. The van der Waals surface area contributed by atoms with Gasteiger partial charge >= 0.3 is 0 Å². The molecule has 0 aromatic rings. The van der Waals surface area contributed by atoms with E-state index >= 15 is 0 Å². The van der Waals surface area contributed by atoms with Crippen LogP contribution in [0.4, 0.5) is 0 Å². The summed E-state index contributed by atoms with van der Waals surface area (Å²) in [5, 5.41) is 0. The van der Waals surface area contributed by atoms with E-state index in [1.165, 1.54) is 26.2 Å². The Morgan fingerprint density at radius 3 is 2.00 bits per heavy atom. The predicted octanol–water partition coefficient (Wildman–Crippen LogP) is -0.417. The molecule has 0 aliphatic carbocycles. The van der Waals surface area contributed by atoms with Gasteiger partial charge in [0.05, 0.1) is 26.4 Å². The molecule has 0 spiro atoms. The third-order valence-electron chi connectivity index (χ3n) is 3.80. The van der Waals surface area contributed by atoms with Crippen molar-refractivity contribution in [1.82, 2.24) is 14.7 Å². The maximum Gasteiger partial charge on any atom is 0.0594 e. The molecule has 0 atom stereocenters. The monoisotopic (exact) mass is 257 g/mol. The largest absolute Gasteiger partial charge is 0.379 e. The van der Waals surface area contributed by atoms with Crippen molar-refractivity contribution < 1.29 is 9.47 Å². The summed E-state index contributed by atoms with van der Waals surface area (Å²) in [6.07, 6.45) is 0. The van der Waals surface area contributed by atoms with Crippen molar-refractivity contribution in [3.05, 3.63) is 0 Å². The maximum atomic E-state index is 5.73. The zero-order valence-electron chi connectivity index (χ0n) is 11.6. The van der Waals surface area contributed by atoms with Gasteiger partial charge in [-0.2, -0.15) is 0 Å². The van der Waals surface area contributed by atoms with E-state index in [0.29, 0.717) is 0 Å². The first-order valence-electron chi connectivity index (χ1n) is 7.13. The van der Waals surface area contributed by atoms with E-state index in [4.69, 9.17) is 9.47 Å². The maximum absolute atomic E-state index is 5.73. The van der Waals surface area contributed by atoms with Crippen LogP contribution in [0.25, 0.3) is 0 Å². The van der Waals surface area contributed by atoms with Gasteiger partial charge in [0.15, 0.2) is 0 Å². The van der Waals surface area contributed by atoms with Gasteiger partial charge in [0.2, 0.25) is 0 Å². The molecular formula is C13H27N3O2. The second-order valence-electron chi connectivity index (χ2n) is 5.21. The van der Waals surface area contributed by atoms with Crippen LogP contribution in [-0.4, -0.2) is 101 Å². The highest BCUT2D eigenvalue weighted by molar-refractivity contribution is 4.68. The van der Waals surface area contributed by atoms with Crippen molar-refractivity contribution >= 4 is 0 Å². The molecule has 0 aromatic carbocycles. The van der Waals surface area contributed by atoms with E-state index in [1.807, 2.05) is 0 Å². The summed E-state index contributed by atoms with van der Waals surface area (Å²) in [5.41, 5.74) is 0. The Hall–Kier alpha value is -0.200. The first-order valence-corrected chi connectivity index (χ1v) is 7.13. The second kappa shape index (κ2) is 8.07. The van der Waals surface area contributed by atoms with Crippen molar-refractivity contribution in [2.75, 3.05) is 85.8 Å². The predicted molar refractivity (Wildman–Crippen MR) is 72.0 cm³/mol. The molecule has 5 nitrogen and oxygen atoms in total. The molecule has 0 aromatic heterocycles. The van der Waals surface area contributed by atoms with E-state index in [0.717, 1.165) is 52.6 Å². The molecule has 0 radical (unpaired) electrons. The van der Waals surface area contributed by atoms with Gasteiger partial charge in [0, 0.05) is 52.4 Å². The molecule has 0 saturated carbocycles. The molecule has 0 N–H and O–H groups in total. The number of hydrogen-bond donors (Lipinski definition) is 0. The van der Waals surface area contributed by atoms with Gasteiger partial charge in [-0.25, -0.2) is 0 Å².